The first-order valence-corrected chi connectivity index (χ1v) is 8.03. The number of carbonyl (C=O) groups excluding carboxylic acids is 1. The molecule has 0 aromatic carbocycles. The Hall–Kier alpha value is -3.46. The number of rotatable bonds is 2. The maximum absolute atomic E-state index is 12.7. The summed E-state index contributed by atoms with van der Waals surface area (Å²) in [5.41, 5.74) is 2.40. The average Bonchev–Trinajstić information content (AvgIpc) is 3.19. The highest BCUT2D eigenvalue weighted by Crippen LogP contribution is 2.48. The van der Waals surface area contributed by atoms with Gasteiger partial charge in [0.15, 0.2) is 0 Å². The number of carbonyl (C=O) groups is 2. The van der Waals surface area contributed by atoms with Crippen LogP contribution in [0.15, 0.2) is 41.5 Å². The molecule has 3 aliphatic rings. The number of carboxylic acids is 1. The lowest BCUT2D eigenvalue weighted by Gasteiger charge is -2.27. The van der Waals surface area contributed by atoms with Gasteiger partial charge >= 0.3 is 12.0 Å². The van der Waals surface area contributed by atoms with E-state index in [-0.39, 0.29) is 10.6 Å². The zero-order chi connectivity index (χ0) is 17.1. The second-order valence-electron chi connectivity index (χ2n) is 5.40. The third-order valence-corrected chi connectivity index (χ3v) is 5.15. The summed E-state index contributed by atoms with van der Waals surface area (Å²) in [6, 6.07) is 4.89. The molecule has 9 heteroatoms. The molecule has 0 fully saturated rings. The van der Waals surface area contributed by atoms with Gasteiger partial charge < -0.3 is 9.52 Å². The number of urea groups is 1. The van der Waals surface area contributed by atoms with E-state index in [1.807, 2.05) is 6.07 Å². The Labute approximate surface area is 143 Å². The van der Waals surface area contributed by atoms with E-state index in [2.05, 4.69) is 15.3 Å². The summed E-state index contributed by atoms with van der Waals surface area (Å²) in [6.45, 7) is 0. The standard InChI is InChI=1S/C16H8N4O4S/c21-15(22)12-11-10-13(17-6-18-14(10)25-12)19-16(23)20(11)9-2-1-7-3-4-24-5-8(7)9/h1-6H,(H,21,22)(H,17,18,19,23). The van der Waals surface area contributed by atoms with Crippen LogP contribution in [-0.2, 0) is 0 Å². The lowest BCUT2D eigenvalue weighted by Crippen LogP contribution is -2.34. The second kappa shape index (κ2) is 4.77. The SMILES string of the molecule is O=C(O)c1sc2ncnc3c2c1N(c1ccc2ccocc1-2)C(=O)N3. The predicted octanol–water partition coefficient (Wildman–Crippen LogP) is 3.77. The van der Waals surface area contributed by atoms with Crippen LogP contribution in [0.25, 0.3) is 21.3 Å². The van der Waals surface area contributed by atoms with Crippen molar-refractivity contribution < 1.29 is 19.1 Å². The Bertz CT molecular complexity index is 1150. The van der Waals surface area contributed by atoms with E-state index < -0.39 is 12.0 Å². The zero-order valence-corrected chi connectivity index (χ0v) is 13.2. The van der Waals surface area contributed by atoms with Crippen LogP contribution < -0.4 is 10.2 Å². The molecule has 2 N–H and O–H groups in total. The van der Waals surface area contributed by atoms with Crippen molar-refractivity contribution in [2.75, 3.05) is 10.2 Å². The van der Waals surface area contributed by atoms with Gasteiger partial charge in [-0.15, -0.1) is 11.3 Å². The van der Waals surface area contributed by atoms with Gasteiger partial charge in [0.1, 0.15) is 28.1 Å². The number of carboxylic acid groups (broad SMARTS) is 1. The number of nitrogens with zero attached hydrogens (tertiary/aromatic N) is 3. The molecule has 0 bridgehead atoms. The summed E-state index contributed by atoms with van der Waals surface area (Å²) in [5, 5.41) is 12.8. The largest absolute Gasteiger partial charge is 0.477 e. The summed E-state index contributed by atoms with van der Waals surface area (Å²) >= 11 is 1.01. The van der Waals surface area contributed by atoms with Gasteiger partial charge in [-0.05, 0) is 17.7 Å². The van der Waals surface area contributed by atoms with Gasteiger partial charge in [0.05, 0.1) is 23.0 Å². The summed E-state index contributed by atoms with van der Waals surface area (Å²) in [4.78, 5) is 34.6. The molecule has 25 heavy (non-hydrogen) atoms. The average molecular weight is 352 g/mol. The van der Waals surface area contributed by atoms with Crippen molar-refractivity contribution >= 4 is 50.7 Å². The van der Waals surface area contributed by atoms with E-state index in [4.69, 9.17) is 4.42 Å². The van der Waals surface area contributed by atoms with E-state index in [1.165, 1.54) is 23.8 Å². The Morgan fingerprint density at radius 3 is 3.00 bits per heavy atom. The van der Waals surface area contributed by atoms with Gasteiger partial charge in [0, 0.05) is 5.56 Å². The molecule has 0 radical (unpaired) electrons. The first-order chi connectivity index (χ1) is 12.1. The van der Waals surface area contributed by atoms with Crippen molar-refractivity contribution in [3.8, 4) is 11.1 Å². The highest BCUT2D eigenvalue weighted by atomic mass is 32.1. The quantitative estimate of drug-likeness (QED) is 0.568. The van der Waals surface area contributed by atoms with Gasteiger partial charge in [-0.2, -0.15) is 0 Å². The molecular formula is C16H8N4O4S. The molecule has 5 rings (SSSR count). The van der Waals surface area contributed by atoms with Crippen molar-refractivity contribution in [3.05, 3.63) is 41.9 Å². The summed E-state index contributed by atoms with van der Waals surface area (Å²) < 4.78 is 5.22. The van der Waals surface area contributed by atoms with Crippen molar-refractivity contribution in [3.63, 3.8) is 0 Å². The normalized spacial score (nSPS) is 13.4. The molecule has 2 aromatic heterocycles. The summed E-state index contributed by atoms with van der Waals surface area (Å²) in [7, 11) is 0. The molecule has 1 aliphatic carbocycles. The molecule has 0 atom stereocenters. The summed E-state index contributed by atoms with van der Waals surface area (Å²) in [6.07, 6.45) is 4.37. The topological polar surface area (TPSA) is 109 Å². The van der Waals surface area contributed by atoms with Crippen LogP contribution in [-0.4, -0.2) is 27.1 Å². The number of aromatic carboxylic acids is 1. The molecule has 0 spiro atoms. The van der Waals surface area contributed by atoms with Crippen LogP contribution in [0, 0.1) is 0 Å². The number of aromatic nitrogens is 2. The van der Waals surface area contributed by atoms with Crippen LogP contribution in [0.5, 0.6) is 0 Å². The minimum atomic E-state index is -1.12. The number of amides is 2. The smallest absolute Gasteiger partial charge is 0.348 e. The monoisotopic (exact) mass is 352 g/mol. The molecular weight excluding hydrogens is 344 g/mol. The van der Waals surface area contributed by atoms with Crippen molar-refractivity contribution in [2.24, 2.45) is 0 Å². The molecule has 2 amide bonds. The molecule has 4 heterocycles. The van der Waals surface area contributed by atoms with Crippen LogP contribution >= 0.6 is 11.3 Å². The highest BCUT2D eigenvalue weighted by molar-refractivity contribution is 7.21. The molecule has 122 valence electrons. The number of anilines is 3. The lowest BCUT2D eigenvalue weighted by atomic mass is 10.1. The second-order valence-corrected chi connectivity index (χ2v) is 6.40. The van der Waals surface area contributed by atoms with Crippen LogP contribution in [0.2, 0.25) is 0 Å². The van der Waals surface area contributed by atoms with Gasteiger partial charge in [0.2, 0.25) is 0 Å². The van der Waals surface area contributed by atoms with E-state index >= 15 is 0 Å². The van der Waals surface area contributed by atoms with Crippen molar-refractivity contribution in [1.82, 2.24) is 9.97 Å². The number of hydrogen-bond acceptors (Lipinski definition) is 6. The van der Waals surface area contributed by atoms with E-state index in [0.29, 0.717) is 27.3 Å². The Morgan fingerprint density at radius 2 is 2.16 bits per heavy atom. The zero-order valence-electron chi connectivity index (χ0n) is 12.4. The van der Waals surface area contributed by atoms with Gasteiger partial charge in [-0.1, -0.05) is 6.07 Å². The third-order valence-electron chi connectivity index (χ3n) is 4.07. The fourth-order valence-electron chi connectivity index (χ4n) is 3.05. The van der Waals surface area contributed by atoms with Crippen molar-refractivity contribution in [2.45, 2.75) is 0 Å². The maximum Gasteiger partial charge on any atom is 0.348 e. The molecule has 0 unspecified atom stereocenters. The fourth-order valence-corrected chi connectivity index (χ4v) is 4.01. The first-order valence-electron chi connectivity index (χ1n) is 7.22. The summed E-state index contributed by atoms with van der Waals surface area (Å²) in [5.74, 6) is -0.810. The van der Waals surface area contributed by atoms with Gasteiger partial charge in [0.25, 0.3) is 0 Å². The lowest BCUT2D eigenvalue weighted by molar-refractivity contribution is 0.0703. The van der Waals surface area contributed by atoms with E-state index in [9.17, 15) is 14.7 Å². The van der Waals surface area contributed by atoms with Gasteiger partial charge in [-0.3, -0.25) is 10.2 Å². The molecule has 0 saturated carbocycles. The van der Waals surface area contributed by atoms with E-state index in [0.717, 1.165) is 16.9 Å². The number of fused-ring (bicyclic) bond motifs is 1. The molecule has 0 saturated heterocycles. The Morgan fingerprint density at radius 1 is 1.28 bits per heavy atom. The Balaban J connectivity index is 1.85. The number of nitrogens with one attached hydrogen (secondary N) is 1. The van der Waals surface area contributed by atoms with Crippen LogP contribution in [0.3, 0.4) is 0 Å². The molecule has 8 nitrogen and oxygen atoms in total. The fraction of sp³-hybridized carbons (Fsp3) is 0. The minimum absolute atomic E-state index is 0.0359. The highest BCUT2D eigenvalue weighted by Gasteiger charge is 2.36. The van der Waals surface area contributed by atoms with Crippen LogP contribution in [0.4, 0.5) is 22.0 Å². The maximum atomic E-state index is 12.7. The van der Waals surface area contributed by atoms with E-state index in [1.54, 1.807) is 12.1 Å². The minimum Gasteiger partial charge on any atom is -0.477 e. The van der Waals surface area contributed by atoms with Crippen LogP contribution in [0.1, 0.15) is 9.67 Å². The number of thiophene rings is 1. The first kappa shape index (κ1) is 13.9. The van der Waals surface area contributed by atoms with Crippen molar-refractivity contribution in [1.29, 1.82) is 0 Å². The van der Waals surface area contributed by atoms with Gasteiger partial charge in [-0.25, -0.2) is 19.6 Å². The third kappa shape index (κ3) is 1.81. The molecule has 2 aromatic rings. The number of hydrogen-bond donors (Lipinski definition) is 2. The molecule has 2 aliphatic heterocycles. The predicted molar refractivity (Wildman–Crippen MR) is 90.9 cm³/mol. The Kier molecular flexibility index (Phi) is 2.66.